The van der Waals surface area contributed by atoms with Gasteiger partial charge in [0.05, 0.1) is 13.0 Å². The van der Waals surface area contributed by atoms with Crippen molar-refractivity contribution in [1.29, 1.82) is 0 Å². The molecule has 4 nitrogen and oxygen atoms in total. The van der Waals surface area contributed by atoms with E-state index < -0.39 is 0 Å². The van der Waals surface area contributed by atoms with E-state index in [1.54, 1.807) is 13.3 Å². The first kappa shape index (κ1) is 13.6. The van der Waals surface area contributed by atoms with Crippen molar-refractivity contribution in [2.75, 3.05) is 13.7 Å². The largest absolute Gasteiger partial charge is 0.496 e. The lowest BCUT2D eigenvalue weighted by atomic mass is 9.93. The van der Waals surface area contributed by atoms with Gasteiger partial charge in [-0.05, 0) is 31.0 Å². The molecule has 0 bridgehead atoms. The first-order valence-electron chi connectivity index (χ1n) is 6.41. The number of nitrogens with two attached hydrogens (primary N) is 1. The molecule has 0 spiro atoms. The monoisotopic (exact) mass is 259 g/mol. The van der Waals surface area contributed by atoms with Crippen LogP contribution in [-0.2, 0) is 7.05 Å². The van der Waals surface area contributed by atoms with E-state index in [0.29, 0.717) is 6.54 Å². The lowest BCUT2D eigenvalue weighted by Gasteiger charge is -2.19. The summed E-state index contributed by atoms with van der Waals surface area (Å²) in [4.78, 5) is 4.42. The van der Waals surface area contributed by atoms with Crippen molar-refractivity contribution < 1.29 is 4.74 Å². The minimum absolute atomic E-state index is 0.0502. The molecule has 1 heterocycles. The van der Waals surface area contributed by atoms with Crippen molar-refractivity contribution in [3.8, 4) is 5.75 Å². The maximum atomic E-state index is 5.97. The average Bonchev–Trinajstić information content (AvgIpc) is 2.81. The minimum Gasteiger partial charge on any atom is -0.496 e. The van der Waals surface area contributed by atoms with Crippen molar-refractivity contribution in [3.63, 3.8) is 0 Å². The Morgan fingerprint density at radius 1 is 1.32 bits per heavy atom. The number of hydrogen-bond donors (Lipinski definition) is 1. The van der Waals surface area contributed by atoms with E-state index in [1.165, 1.54) is 11.1 Å². The molecule has 1 aromatic heterocycles. The Labute approximate surface area is 114 Å². The zero-order valence-corrected chi connectivity index (χ0v) is 12.0. The highest BCUT2D eigenvalue weighted by Crippen LogP contribution is 2.32. The van der Waals surface area contributed by atoms with Gasteiger partial charge in [-0.1, -0.05) is 6.07 Å². The summed E-state index contributed by atoms with van der Waals surface area (Å²) in [6.07, 6.45) is 3.73. The Morgan fingerprint density at radius 2 is 2.00 bits per heavy atom. The van der Waals surface area contributed by atoms with Gasteiger partial charge in [-0.3, -0.25) is 0 Å². The fourth-order valence-electron chi connectivity index (χ4n) is 2.35. The molecule has 2 N–H and O–H groups in total. The van der Waals surface area contributed by atoms with E-state index in [9.17, 15) is 0 Å². The van der Waals surface area contributed by atoms with Crippen LogP contribution in [0.1, 0.15) is 28.4 Å². The third kappa shape index (κ3) is 2.49. The molecule has 2 aromatic rings. The first-order valence-corrected chi connectivity index (χ1v) is 6.41. The highest BCUT2D eigenvalue weighted by molar-refractivity contribution is 5.46. The van der Waals surface area contributed by atoms with E-state index in [0.717, 1.165) is 17.1 Å². The Kier molecular flexibility index (Phi) is 3.90. The number of hydrogen-bond acceptors (Lipinski definition) is 3. The van der Waals surface area contributed by atoms with Gasteiger partial charge in [0.15, 0.2) is 0 Å². The van der Waals surface area contributed by atoms with Crippen LogP contribution in [0, 0.1) is 13.8 Å². The van der Waals surface area contributed by atoms with Gasteiger partial charge in [0, 0.05) is 31.5 Å². The normalized spacial score (nSPS) is 12.5. The molecule has 19 heavy (non-hydrogen) atoms. The molecular weight excluding hydrogens is 238 g/mol. The quantitative estimate of drug-likeness (QED) is 0.915. The second-order valence-electron chi connectivity index (χ2n) is 4.86. The van der Waals surface area contributed by atoms with Crippen LogP contribution in [-0.4, -0.2) is 23.2 Å². The van der Waals surface area contributed by atoms with Crippen molar-refractivity contribution in [2.45, 2.75) is 19.8 Å². The van der Waals surface area contributed by atoms with Gasteiger partial charge in [0.1, 0.15) is 11.6 Å². The van der Waals surface area contributed by atoms with E-state index in [-0.39, 0.29) is 5.92 Å². The van der Waals surface area contributed by atoms with Crippen LogP contribution in [0.25, 0.3) is 0 Å². The van der Waals surface area contributed by atoms with E-state index in [4.69, 9.17) is 10.5 Å². The highest BCUT2D eigenvalue weighted by atomic mass is 16.5. The molecule has 0 aliphatic carbocycles. The summed E-state index contributed by atoms with van der Waals surface area (Å²) in [7, 11) is 3.68. The lowest BCUT2D eigenvalue weighted by molar-refractivity contribution is 0.406. The van der Waals surface area contributed by atoms with Crippen molar-refractivity contribution >= 4 is 0 Å². The van der Waals surface area contributed by atoms with Crippen LogP contribution in [0.4, 0.5) is 0 Å². The number of benzene rings is 1. The topological polar surface area (TPSA) is 53.1 Å². The van der Waals surface area contributed by atoms with Crippen LogP contribution < -0.4 is 10.5 Å². The fraction of sp³-hybridized carbons (Fsp3) is 0.400. The van der Waals surface area contributed by atoms with Gasteiger partial charge >= 0.3 is 0 Å². The number of nitrogens with zero attached hydrogens (tertiary/aromatic N) is 2. The number of aromatic nitrogens is 2. The Hall–Kier alpha value is -1.81. The van der Waals surface area contributed by atoms with Gasteiger partial charge in [0.2, 0.25) is 0 Å². The number of aryl methyl sites for hydroxylation is 3. The third-order valence-electron chi connectivity index (χ3n) is 3.63. The van der Waals surface area contributed by atoms with Crippen LogP contribution >= 0.6 is 0 Å². The van der Waals surface area contributed by atoms with Crippen LogP contribution in [0.2, 0.25) is 0 Å². The molecule has 1 atom stereocenters. The average molecular weight is 259 g/mol. The van der Waals surface area contributed by atoms with Crippen LogP contribution in [0.3, 0.4) is 0 Å². The molecule has 1 aromatic carbocycles. The van der Waals surface area contributed by atoms with Gasteiger partial charge in [-0.25, -0.2) is 4.98 Å². The molecule has 4 heteroatoms. The van der Waals surface area contributed by atoms with E-state index in [1.807, 2.05) is 17.8 Å². The zero-order chi connectivity index (χ0) is 14.0. The lowest BCUT2D eigenvalue weighted by Crippen LogP contribution is -2.18. The summed E-state index contributed by atoms with van der Waals surface area (Å²) in [6.45, 7) is 4.69. The summed E-state index contributed by atoms with van der Waals surface area (Å²) in [5.74, 6) is 1.89. The van der Waals surface area contributed by atoms with Gasteiger partial charge in [-0.15, -0.1) is 0 Å². The maximum absolute atomic E-state index is 5.97. The van der Waals surface area contributed by atoms with Gasteiger partial charge < -0.3 is 15.0 Å². The van der Waals surface area contributed by atoms with Crippen LogP contribution in [0.15, 0.2) is 24.5 Å². The summed E-state index contributed by atoms with van der Waals surface area (Å²) in [5, 5.41) is 0. The van der Waals surface area contributed by atoms with Crippen molar-refractivity contribution in [1.82, 2.24) is 9.55 Å². The zero-order valence-electron chi connectivity index (χ0n) is 12.0. The second kappa shape index (κ2) is 5.45. The molecule has 0 amide bonds. The highest BCUT2D eigenvalue weighted by Gasteiger charge is 2.21. The van der Waals surface area contributed by atoms with E-state index in [2.05, 4.69) is 31.0 Å². The predicted octanol–water partition coefficient (Wildman–Crippen LogP) is 2.14. The predicted molar refractivity (Wildman–Crippen MR) is 76.6 cm³/mol. The molecule has 0 saturated carbocycles. The summed E-state index contributed by atoms with van der Waals surface area (Å²) in [6, 6.07) is 4.22. The second-order valence-corrected chi connectivity index (χ2v) is 4.86. The van der Waals surface area contributed by atoms with E-state index >= 15 is 0 Å². The smallest absolute Gasteiger partial charge is 0.123 e. The molecule has 0 aliphatic heterocycles. The Morgan fingerprint density at radius 3 is 2.53 bits per heavy atom. The first-order chi connectivity index (χ1) is 9.08. The maximum Gasteiger partial charge on any atom is 0.123 e. The molecule has 2 rings (SSSR count). The number of imidazole rings is 1. The molecule has 0 aliphatic rings. The molecule has 1 unspecified atom stereocenters. The van der Waals surface area contributed by atoms with Crippen molar-refractivity contribution in [3.05, 3.63) is 47.0 Å². The number of methoxy groups -OCH3 is 1. The fourth-order valence-corrected chi connectivity index (χ4v) is 2.35. The standard InChI is InChI=1S/C15H21N3O/c1-10-7-12(14(19-4)8-11(10)2)13(9-16)15-17-5-6-18(15)3/h5-8,13H,9,16H2,1-4H3. The molecule has 0 saturated heterocycles. The number of ether oxygens (including phenoxy) is 1. The SMILES string of the molecule is COc1cc(C)c(C)cc1C(CN)c1nccn1C. The molecular formula is C15H21N3O. The summed E-state index contributed by atoms with van der Waals surface area (Å²) < 4.78 is 7.52. The third-order valence-corrected chi connectivity index (χ3v) is 3.63. The minimum atomic E-state index is 0.0502. The molecule has 0 fully saturated rings. The summed E-state index contributed by atoms with van der Waals surface area (Å²) in [5.41, 5.74) is 9.53. The molecule has 0 radical (unpaired) electrons. The van der Waals surface area contributed by atoms with Gasteiger partial charge in [-0.2, -0.15) is 0 Å². The Balaban J connectivity index is 2.55. The van der Waals surface area contributed by atoms with Crippen LogP contribution in [0.5, 0.6) is 5.75 Å². The van der Waals surface area contributed by atoms with Crippen molar-refractivity contribution in [2.24, 2.45) is 12.8 Å². The molecule has 102 valence electrons. The van der Waals surface area contributed by atoms with Gasteiger partial charge in [0.25, 0.3) is 0 Å². The summed E-state index contributed by atoms with van der Waals surface area (Å²) >= 11 is 0. The number of rotatable bonds is 4. The Bertz CT molecular complexity index is 575.